The largest absolute Gasteiger partial charge is 0.326 e. The Balaban J connectivity index is 1.97. The van der Waals surface area contributed by atoms with Gasteiger partial charge in [-0.15, -0.1) is 0 Å². The normalized spacial score (nSPS) is 23.1. The SMILES string of the molecule is CCn1nccc1CN1CC[C@H](N)C1. The number of nitrogens with zero attached hydrogens (tertiary/aromatic N) is 3. The molecule has 2 rings (SSSR count). The Morgan fingerprint density at radius 2 is 2.50 bits per heavy atom. The van der Waals surface area contributed by atoms with E-state index < -0.39 is 0 Å². The second-order valence-electron chi connectivity index (χ2n) is 3.92. The summed E-state index contributed by atoms with van der Waals surface area (Å²) < 4.78 is 2.05. The summed E-state index contributed by atoms with van der Waals surface area (Å²) in [7, 11) is 0. The average molecular weight is 194 g/mol. The van der Waals surface area contributed by atoms with E-state index in [-0.39, 0.29) is 0 Å². The summed E-state index contributed by atoms with van der Waals surface area (Å²) >= 11 is 0. The number of aryl methyl sites for hydroxylation is 1. The lowest BCUT2D eigenvalue weighted by atomic mass is 10.3. The molecule has 1 aromatic rings. The monoisotopic (exact) mass is 194 g/mol. The second-order valence-corrected chi connectivity index (χ2v) is 3.92. The van der Waals surface area contributed by atoms with Crippen molar-refractivity contribution in [3.05, 3.63) is 18.0 Å². The van der Waals surface area contributed by atoms with Crippen molar-refractivity contribution in [1.82, 2.24) is 14.7 Å². The number of nitrogens with two attached hydrogens (primary N) is 1. The van der Waals surface area contributed by atoms with Crippen molar-refractivity contribution in [1.29, 1.82) is 0 Å². The van der Waals surface area contributed by atoms with Crippen LogP contribution < -0.4 is 5.73 Å². The zero-order valence-corrected chi connectivity index (χ0v) is 8.69. The molecule has 0 spiro atoms. The molecular formula is C10H18N4. The molecule has 0 unspecified atom stereocenters. The Hall–Kier alpha value is -0.870. The lowest BCUT2D eigenvalue weighted by Gasteiger charge is -2.15. The fraction of sp³-hybridized carbons (Fsp3) is 0.700. The lowest BCUT2D eigenvalue weighted by Crippen LogP contribution is -2.27. The highest BCUT2D eigenvalue weighted by Crippen LogP contribution is 2.11. The summed E-state index contributed by atoms with van der Waals surface area (Å²) in [4.78, 5) is 2.40. The number of likely N-dealkylation sites (tertiary alicyclic amines) is 1. The van der Waals surface area contributed by atoms with Gasteiger partial charge >= 0.3 is 0 Å². The first kappa shape index (κ1) is 9.68. The molecule has 1 aliphatic rings. The van der Waals surface area contributed by atoms with Gasteiger partial charge in [-0.1, -0.05) is 0 Å². The molecule has 0 aliphatic carbocycles. The minimum atomic E-state index is 0.369. The van der Waals surface area contributed by atoms with Gasteiger partial charge in [0.05, 0.1) is 5.69 Å². The van der Waals surface area contributed by atoms with Crippen LogP contribution in [0, 0.1) is 0 Å². The zero-order valence-electron chi connectivity index (χ0n) is 8.69. The molecule has 1 aliphatic heterocycles. The first-order valence-corrected chi connectivity index (χ1v) is 5.28. The predicted octanol–water partition coefficient (Wildman–Crippen LogP) is 0.436. The van der Waals surface area contributed by atoms with Crippen LogP contribution in [0.3, 0.4) is 0 Å². The van der Waals surface area contributed by atoms with Gasteiger partial charge in [0.25, 0.3) is 0 Å². The van der Waals surface area contributed by atoms with Crippen LogP contribution in [0.4, 0.5) is 0 Å². The van der Waals surface area contributed by atoms with Gasteiger partial charge in [-0.25, -0.2) is 0 Å². The zero-order chi connectivity index (χ0) is 9.97. The Morgan fingerprint density at radius 3 is 3.14 bits per heavy atom. The van der Waals surface area contributed by atoms with Crippen LogP contribution in [0.25, 0.3) is 0 Å². The van der Waals surface area contributed by atoms with E-state index in [1.807, 2.05) is 10.9 Å². The van der Waals surface area contributed by atoms with E-state index in [0.717, 1.165) is 32.6 Å². The van der Waals surface area contributed by atoms with Gasteiger partial charge in [-0.05, 0) is 19.4 Å². The molecule has 1 saturated heterocycles. The third-order valence-corrected chi connectivity index (χ3v) is 2.80. The van der Waals surface area contributed by atoms with Crippen LogP contribution >= 0.6 is 0 Å². The summed E-state index contributed by atoms with van der Waals surface area (Å²) in [6.07, 6.45) is 3.00. The molecule has 4 nitrogen and oxygen atoms in total. The van der Waals surface area contributed by atoms with Crippen molar-refractivity contribution in [2.75, 3.05) is 13.1 Å². The lowest BCUT2D eigenvalue weighted by molar-refractivity contribution is 0.315. The van der Waals surface area contributed by atoms with Crippen molar-refractivity contribution < 1.29 is 0 Å². The second kappa shape index (κ2) is 4.11. The maximum absolute atomic E-state index is 5.86. The topological polar surface area (TPSA) is 47.1 Å². The van der Waals surface area contributed by atoms with Crippen molar-refractivity contribution >= 4 is 0 Å². The smallest absolute Gasteiger partial charge is 0.0524 e. The van der Waals surface area contributed by atoms with Gasteiger partial charge in [-0.2, -0.15) is 5.10 Å². The highest BCUT2D eigenvalue weighted by atomic mass is 15.3. The number of rotatable bonds is 3. The molecule has 2 N–H and O–H groups in total. The molecule has 1 fully saturated rings. The highest BCUT2D eigenvalue weighted by molar-refractivity contribution is 5.01. The van der Waals surface area contributed by atoms with E-state index in [0.29, 0.717) is 6.04 Å². The Morgan fingerprint density at radius 1 is 1.64 bits per heavy atom. The molecule has 14 heavy (non-hydrogen) atoms. The first-order chi connectivity index (χ1) is 6.79. The quantitative estimate of drug-likeness (QED) is 0.759. The fourth-order valence-corrected chi connectivity index (χ4v) is 2.01. The van der Waals surface area contributed by atoms with Crippen molar-refractivity contribution in [2.45, 2.75) is 32.5 Å². The average Bonchev–Trinajstić information content (AvgIpc) is 2.76. The molecule has 1 atom stereocenters. The Kier molecular flexibility index (Phi) is 2.84. The van der Waals surface area contributed by atoms with Gasteiger partial charge in [0.1, 0.15) is 0 Å². The highest BCUT2D eigenvalue weighted by Gasteiger charge is 2.19. The fourth-order valence-electron chi connectivity index (χ4n) is 2.01. The molecule has 4 heteroatoms. The van der Waals surface area contributed by atoms with Gasteiger partial charge in [0.2, 0.25) is 0 Å². The minimum absolute atomic E-state index is 0.369. The van der Waals surface area contributed by atoms with E-state index in [2.05, 4.69) is 23.0 Å². The van der Waals surface area contributed by atoms with Crippen LogP contribution in [-0.4, -0.2) is 33.8 Å². The standard InChI is InChI=1S/C10H18N4/c1-2-14-10(3-5-12-14)8-13-6-4-9(11)7-13/h3,5,9H,2,4,6-8,11H2,1H3/t9-/m0/s1. The molecule has 0 radical (unpaired) electrons. The summed E-state index contributed by atoms with van der Waals surface area (Å²) in [5.74, 6) is 0. The molecule has 0 bridgehead atoms. The molecule has 0 amide bonds. The summed E-state index contributed by atoms with van der Waals surface area (Å²) in [5.41, 5.74) is 7.15. The molecule has 0 saturated carbocycles. The molecular weight excluding hydrogens is 176 g/mol. The third-order valence-electron chi connectivity index (χ3n) is 2.80. The van der Waals surface area contributed by atoms with Crippen LogP contribution in [0.15, 0.2) is 12.3 Å². The van der Waals surface area contributed by atoms with Crippen molar-refractivity contribution in [2.24, 2.45) is 5.73 Å². The molecule has 2 heterocycles. The van der Waals surface area contributed by atoms with E-state index in [1.165, 1.54) is 5.69 Å². The van der Waals surface area contributed by atoms with E-state index in [4.69, 9.17) is 5.73 Å². The Bertz CT molecular complexity index is 294. The minimum Gasteiger partial charge on any atom is -0.326 e. The van der Waals surface area contributed by atoms with E-state index in [9.17, 15) is 0 Å². The van der Waals surface area contributed by atoms with Gasteiger partial charge in [-0.3, -0.25) is 9.58 Å². The number of aromatic nitrogens is 2. The first-order valence-electron chi connectivity index (χ1n) is 5.28. The maximum atomic E-state index is 5.86. The third kappa shape index (κ3) is 1.96. The van der Waals surface area contributed by atoms with Crippen LogP contribution in [-0.2, 0) is 13.1 Å². The summed E-state index contributed by atoms with van der Waals surface area (Å²) in [6.45, 7) is 6.20. The van der Waals surface area contributed by atoms with Gasteiger partial charge < -0.3 is 5.73 Å². The summed E-state index contributed by atoms with van der Waals surface area (Å²) in [5, 5.41) is 4.25. The maximum Gasteiger partial charge on any atom is 0.0524 e. The molecule has 1 aromatic heterocycles. The number of hydrogen-bond acceptors (Lipinski definition) is 3. The van der Waals surface area contributed by atoms with Crippen molar-refractivity contribution in [3.8, 4) is 0 Å². The van der Waals surface area contributed by atoms with E-state index in [1.54, 1.807) is 0 Å². The van der Waals surface area contributed by atoms with Crippen LogP contribution in [0.5, 0.6) is 0 Å². The van der Waals surface area contributed by atoms with Crippen LogP contribution in [0.2, 0.25) is 0 Å². The summed E-state index contributed by atoms with van der Waals surface area (Å²) in [6, 6.07) is 2.46. The van der Waals surface area contributed by atoms with Crippen molar-refractivity contribution in [3.63, 3.8) is 0 Å². The molecule has 0 aromatic carbocycles. The predicted molar refractivity (Wildman–Crippen MR) is 55.8 cm³/mol. The van der Waals surface area contributed by atoms with Crippen LogP contribution in [0.1, 0.15) is 19.0 Å². The Labute approximate surface area is 84.7 Å². The van der Waals surface area contributed by atoms with Gasteiger partial charge in [0.15, 0.2) is 0 Å². The van der Waals surface area contributed by atoms with E-state index >= 15 is 0 Å². The van der Waals surface area contributed by atoms with Gasteiger partial charge in [0, 0.05) is 38.4 Å². The molecule has 78 valence electrons. The number of hydrogen-bond donors (Lipinski definition) is 1.